The van der Waals surface area contributed by atoms with Crippen LogP contribution in [0.1, 0.15) is 5.56 Å². The van der Waals surface area contributed by atoms with Crippen molar-refractivity contribution in [2.75, 3.05) is 7.11 Å². The number of methoxy groups -OCH3 is 1. The molecule has 2 heterocycles. The standard InChI is InChI=1S/C21H17NO3S/c1-23-18-11-21-17(10-19(18)24-13-15-6-3-2-4-7-15)20(14-26-21)25-16-8-5-9-22-12-16/h2-12,14H,13H2,1H3. The average Bonchev–Trinajstić information content (AvgIpc) is 3.09. The highest BCUT2D eigenvalue weighted by Gasteiger charge is 2.13. The van der Waals surface area contributed by atoms with Crippen LogP contribution in [-0.4, -0.2) is 12.1 Å². The molecule has 2 aromatic carbocycles. The lowest BCUT2D eigenvalue weighted by Gasteiger charge is -2.12. The smallest absolute Gasteiger partial charge is 0.162 e. The molecule has 0 saturated carbocycles. The Morgan fingerprint density at radius 3 is 2.62 bits per heavy atom. The lowest BCUT2D eigenvalue weighted by Crippen LogP contribution is -1.97. The average molecular weight is 363 g/mol. The second kappa shape index (κ2) is 7.45. The molecule has 4 rings (SSSR count). The Morgan fingerprint density at radius 2 is 1.85 bits per heavy atom. The molecule has 0 aliphatic heterocycles. The molecule has 0 radical (unpaired) electrons. The van der Waals surface area contributed by atoms with Gasteiger partial charge in [0.2, 0.25) is 0 Å². The molecule has 0 fully saturated rings. The number of pyridine rings is 1. The lowest BCUT2D eigenvalue weighted by molar-refractivity contribution is 0.285. The van der Waals surface area contributed by atoms with Crippen LogP contribution in [0.25, 0.3) is 10.1 Å². The van der Waals surface area contributed by atoms with Gasteiger partial charge in [0.15, 0.2) is 11.5 Å². The fourth-order valence-corrected chi connectivity index (χ4v) is 3.50. The second-order valence-electron chi connectivity index (χ2n) is 5.66. The molecule has 0 bridgehead atoms. The quantitative estimate of drug-likeness (QED) is 0.442. The molecule has 0 unspecified atom stereocenters. The summed E-state index contributed by atoms with van der Waals surface area (Å²) in [5.74, 6) is 2.89. The van der Waals surface area contributed by atoms with Crippen molar-refractivity contribution >= 4 is 21.4 Å². The SMILES string of the molecule is COc1cc2scc(Oc3cccnc3)c2cc1OCc1ccccc1. The van der Waals surface area contributed by atoms with Crippen LogP contribution in [0.3, 0.4) is 0 Å². The van der Waals surface area contributed by atoms with E-state index in [9.17, 15) is 0 Å². The van der Waals surface area contributed by atoms with Gasteiger partial charge in [-0.15, -0.1) is 11.3 Å². The first-order valence-electron chi connectivity index (χ1n) is 8.17. The Morgan fingerprint density at radius 1 is 0.962 bits per heavy atom. The summed E-state index contributed by atoms with van der Waals surface area (Å²) in [6.45, 7) is 0.478. The third kappa shape index (κ3) is 3.48. The Balaban J connectivity index is 1.64. The summed E-state index contributed by atoms with van der Waals surface area (Å²) >= 11 is 1.60. The van der Waals surface area contributed by atoms with E-state index < -0.39 is 0 Å². The van der Waals surface area contributed by atoms with E-state index in [-0.39, 0.29) is 0 Å². The minimum atomic E-state index is 0.478. The molecule has 0 amide bonds. The first-order valence-corrected chi connectivity index (χ1v) is 9.05. The van der Waals surface area contributed by atoms with E-state index in [1.54, 1.807) is 30.8 Å². The van der Waals surface area contributed by atoms with Gasteiger partial charge in [-0.05, 0) is 23.8 Å². The zero-order chi connectivity index (χ0) is 17.8. The predicted molar refractivity (Wildman–Crippen MR) is 103 cm³/mol. The monoisotopic (exact) mass is 363 g/mol. The number of fused-ring (bicyclic) bond motifs is 1. The van der Waals surface area contributed by atoms with E-state index in [2.05, 4.69) is 4.98 Å². The van der Waals surface area contributed by atoms with Gasteiger partial charge < -0.3 is 14.2 Å². The second-order valence-corrected chi connectivity index (χ2v) is 6.58. The van der Waals surface area contributed by atoms with E-state index in [0.717, 1.165) is 21.4 Å². The Kier molecular flexibility index (Phi) is 4.71. The summed E-state index contributed by atoms with van der Waals surface area (Å²) in [5.41, 5.74) is 1.10. The molecule has 0 saturated heterocycles. The van der Waals surface area contributed by atoms with Gasteiger partial charge >= 0.3 is 0 Å². The molecular weight excluding hydrogens is 346 g/mol. The van der Waals surface area contributed by atoms with Crippen molar-refractivity contribution in [1.29, 1.82) is 0 Å². The van der Waals surface area contributed by atoms with Gasteiger partial charge in [0, 0.05) is 27.7 Å². The molecule has 0 atom stereocenters. The fraction of sp³-hybridized carbons (Fsp3) is 0.0952. The van der Waals surface area contributed by atoms with Crippen molar-refractivity contribution in [2.45, 2.75) is 6.61 Å². The first-order chi connectivity index (χ1) is 12.8. The zero-order valence-electron chi connectivity index (χ0n) is 14.2. The van der Waals surface area contributed by atoms with Crippen LogP contribution in [0.2, 0.25) is 0 Å². The van der Waals surface area contributed by atoms with Crippen LogP contribution in [-0.2, 0) is 6.61 Å². The molecule has 2 aromatic heterocycles. The maximum absolute atomic E-state index is 6.01. The predicted octanol–water partition coefficient (Wildman–Crippen LogP) is 5.68. The van der Waals surface area contributed by atoms with Crippen LogP contribution in [0, 0.1) is 0 Å². The van der Waals surface area contributed by atoms with Gasteiger partial charge in [-0.25, -0.2) is 0 Å². The molecule has 0 aliphatic rings. The van der Waals surface area contributed by atoms with E-state index in [0.29, 0.717) is 23.9 Å². The summed E-state index contributed by atoms with van der Waals surface area (Å²) < 4.78 is 18.6. The number of hydrogen-bond acceptors (Lipinski definition) is 5. The van der Waals surface area contributed by atoms with E-state index in [4.69, 9.17) is 14.2 Å². The number of hydrogen-bond donors (Lipinski definition) is 0. The number of thiophene rings is 1. The molecule has 0 aliphatic carbocycles. The minimum Gasteiger partial charge on any atom is -0.493 e. The minimum absolute atomic E-state index is 0.478. The van der Waals surface area contributed by atoms with Gasteiger partial charge in [-0.3, -0.25) is 4.98 Å². The Hall–Kier alpha value is -3.05. The maximum atomic E-state index is 6.01. The van der Waals surface area contributed by atoms with Crippen molar-refractivity contribution in [3.8, 4) is 23.0 Å². The number of nitrogens with zero attached hydrogens (tertiary/aromatic N) is 1. The lowest BCUT2D eigenvalue weighted by atomic mass is 10.2. The molecule has 26 heavy (non-hydrogen) atoms. The number of aromatic nitrogens is 1. The third-order valence-electron chi connectivity index (χ3n) is 3.92. The van der Waals surface area contributed by atoms with Crippen molar-refractivity contribution in [3.05, 3.63) is 77.9 Å². The molecule has 5 heteroatoms. The summed E-state index contributed by atoms with van der Waals surface area (Å²) in [5, 5.41) is 2.97. The molecular formula is C21H17NO3S. The topological polar surface area (TPSA) is 40.6 Å². The maximum Gasteiger partial charge on any atom is 0.162 e. The van der Waals surface area contributed by atoms with E-state index in [1.807, 2.05) is 60.0 Å². The van der Waals surface area contributed by atoms with Gasteiger partial charge in [0.1, 0.15) is 18.1 Å². The van der Waals surface area contributed by atoms with E-state index in [1.165, 1.54) is 0 Å². The normalized spacial score (nSPS) is 10.7. The van der Waals surface area contributed by atoms with Gasteiger partial charge in [0.25, 0.3) is 0 Å². The molecule has 4 nitrogen and oxygen atoms in total. The van der Waals surface area contributed by atoms with Crippen LogP contribution >= 0.6 is 11.3 Å². The highest BCUT2D eigenvalue weighted by atomic mass is 32.1. The molecule has 130 valence electrons. The van der Waals surface area contributed by atoms with Crippen molar-refractivity contribution in [3.63, 3.8) is 0 Å². The van der Waals surface area contributed by atoms with Gasteiger partial charge in [-0.1, -0.05) is 30.3 Å². The van der Waals surface area contributed by atoms with Gasteiger partial charge in [-0.2, -0.15) is 0 Å². The summed E-state index contributed by atoms with van der Waals surface area (Å²) in [4.78, 5) is 4.09. The molecule has 0 N–H and O–H groups in total. The Labute approximate surface area is 155 Å². The zero-order valence-corrected chi connectivity index (χ0v) is 15.0. The van der Waals surface area contributed by atoms with Crippen LogP contribution in [0.5, 0.6) is 23.0 Å². The summed E-state index contributed by atoms with van der Waals surface area (Å²) in [6.07, 6.45) is 3.42. The van der Waals surface area contributed by atoms with Crippen molar-refractivity contribution in [1.82, 2.24) is 4.98 Å². The number of benzene rings is 2. The van der Waals surface area contributed by atoms with Crippen molar-refractivity contribution in [2.24, 2.45) is 0 Å². The molecule has 4 aromatic rings. The fourth-order valence-electron chi connectivity index (χ4n) is 2.63. The van der Waals surface area contributed by atoms with Crippen LogP contribution < -0.4 is 14.2 Å². The number of ether oxygens (including phenoxy) is 3. The summed E-state index contributed by atoms with van der Waals surface area (Å²) in [6, 6.07) is 17.7. The molecule has 0 spiro atoms. The van der Waals surface area contributed by atoms with Crippen molar-refractivity contribution < 1.29 is 14.2 Å². The van der Waals surface area contributed by atoms with Crippen LogP contribution in [0.4, 0.5) is 0 Å². The highest BCUT2D eigenvalue weighted by Crippen LogP contribution is 2.41. The number of rotatable bonds is 6. The van der Waals surface area contributed by atoms with E-state index >= 15 is 0 Å². The first kappa shape index (κ1) is 16.4. The highest BCUT2D eigenvalue weighted by molar-refractivity contribution is 7.17. The van der Waals surface area contributed by atoms with Gasteiger partial charge in [0.05, 0.1) is 13.3 Å². The largest absolute Gasteiger partial charge is 0.493 e. The third-order valence-corrected chi connectivity index (χ3v) is 4.85. The van der Waals surface area contributed by atoms with Crippen LogP contribution in [0.15, 0.2) is 72.4 Å². The summed E-state index contributed by atoms with van der Waals surface area (Å²) in [7, 11) is 1.65. The Bertz CT molecular complexity index is 1000.